The summed E-state index contributed by atoms with van der Waals surface area (Å²) in [5.41, 5.74) is -0.651. The highest BCUT2D eigenvalue weighted by atomic mass is 32.2. The molecular formula is C15H13F3N2O5S. The largest absolute Gasteiger partial charge is 0.459 e. The van der Waals surface area contributed by atoms with E-state index in [0.29, 0.717) is 0 Å². The molecular weight excluding hydrogens is 377 g/mol. The molecule has 2 aromatic rings. The van der Waals surface area contributed by atoms with Crippen molar-refractivity contribution >= 4 is 15.5 Å². The van der Waals surface area contributed by atoms with Crippen molar-refractivity contribution in [3.63, 3.8) is 0 Å². The van der Waals surface area contributed by atoms with Crippen LogP contribution in [-0.4, -0.2) is 30.8 Å². The SMILES string of the molecule is Cc1cc([N+](=O)[O-])cnc1OC(c1ccc(S(C)(=O)=O)cc1)C(F)(F)F. The zero-order valence-corrected chi connectivity index (χ0v) is 14.3. The number of aromatic nitrogens is 1. The maximum absolute atomic E-state index is 13.4. The Hall–Kier alpha value is -2.69. The predicted molar refractivity (Wildman–Crippen MR) is 84.6 cm³/mol. The number of aryl methyl sites for hydroxylation is 1. The number of nitrogens with zero attached hydrogens (tertiary/aromatic N) is 2. The number of alkyl halides is 3. The van der Waals surface area contributed by atoms with Crippen molar-refractivity contribution in [2.24, 2.45) is 0 Å². The molecule has 0 aliphatic carbocycles. The first kappa shape index (κ1) is 19.6. The van der Waals surface area contributed by atoms with Gasteiger partial charge in [-0.25, -0.2) is 13.4 Å². The zero-order chi connectivity index (χ0) is 19.7. The van der Waals surface area contributed by atoms with Crippen molar-refractivity contribution in [3.8, 4) is 5.88 Å². The monoisotopic (exact) mass is 390 g/mol. The van der Waals surface area contributed by atoms with E-state index in [-0.39, 0.29) is 21.7 Å². The number of benzene rings is 1. The van der Waals surface area contributed by atoms with E-state index in [1.165, 1.54) is 6.92 Å². The Morgan fingerprint density at radius 1 is 1.23 bits per heavy atom. The standard InChI is InChI=1S/C15H13F3N2O5S/c1-9-7-11(20(21)22)8-19-14(9)25-13(15(16,17)18)10-3-5-12(6-4-10)26(2,23)24/h3-8,13H,1-2H3. The number of sulfone groups is 1. The van der Waals surface area contributed by atoms with Gasteiger partial charge in [-0.2, -0.15) is 13.2 Å². The third-order valence-corrected chi connectivity index (χ3v) is 4.49. The van der Waals surface area contributed by atoms with Gasteiger partial charge in [0.05, 0.1) is 9.82 Å². The lowest BCUT2D eigenvalue weighted by atomic mass is 10.1. The van der Waals surface area contributed by atoms with Gasteiger partial charge in [0, 0.05) is 23.4 Å². The molecule has 0 fully saturated rings. The minimum absolute atomic E-state index is 0.0567. The second-order valence-corrected chi connectivity index (χ2v) is 7.47. The molecule has 0 aliphatic rings. The molecule has 1 aromatic carbocycles. The Labute approximate surface area is 146 Å². The van der Waals surface area contributed by atoms with Gasteiger partial charge in [-0.1, -0.05) is 12.1 Å². The molecule has 7 nitrogen and oxygen atoms in total. The summed E-state index contributed by atoms with van der Waals surface area (Å²) in [6.45, 7) is 1.33. The first-order valence-corrected chi connectivity index (χ1v) is 8.93. The smallest absolute Gasteiger partial charge is 0.429 e. The van der Waals surface area contributed by atoms with Crippen LogP contribution in [0.5, 0.6) is 5.88 Å². The van der Waals surface area contributed by atoms with Gasteiger partial charge in [-0.05, 0) is 19.1 Å². The maximum Gasteiger partial charge on any atom is 0.429 e. The van der Waals surface area contributed by atoms with Crippen molar-refractivity contribution in [1.82, 2.24) is 4.98 Å². The summed E-state index contributed by atoms with van der Waals surface area (Å²) in [5, 5.41) is 10.7. The van der Waals surface area contributed by atoms with Crippen LogP contribution in [0.3, 0.4) is 0 Å². The van der Waals surface area contributed by atoms with Crippen LogP contribution in [0.15, 0.2) is 41.4 Å². The summed E-state index contributed by atoms with van der Waals surface area (Å²) in [7, 11) is -3.56. The zero-order valence-electron chi connectivity index (χ0n) is 13.5. The van der Waals surface area contributed by atoms with E-state index >= 15 is 0 Å². The molecule has 1 unspecified atom stereocenters. The Bertz CT molecular complexity index is 927. The van der Waals surface area contributed by atoms with Crippen LogP contribution in [0.2, 0.25) is 0 Å². The van der Waals surface area contributed by atoms with Gasteiger partial charge < -0.3 is 4.74 Å². The minimum atomic E-state index is -4.82. The lowest BCUT2D eigenvalue weighted by molar-refractivity contribution is -0.385. The normalized spacial score (nSPS) is 13.3. The van der Waals surface area contributed by atoms with Gasteiger partial charge in [0.1, 0.15) is 6.20 Å². The summed E-state index contributed by atoms with van der Waals surface area (Å²) in [6, 6.07) is 5.12. The van der Waals surface area contributed by atoms with Crippen molar-refractivity contribution in [2.75, 3.05) is 6.26 Å². The lowest BCUT2D eigenvalue weighted by Gasteiger charge is -2.22. The first-order valence-electron chi connectivity index (χ1n) is 7.04. The van der Waals surface area contributed by atoms with E-state index in [2.05, 4.69) is 4.98 Å². The Morgan fingerprint density at radius 3 is 2.23 bits per heavy atom. The third-order valence-electron chi connectivity index (χ3n) is 3.36. The molecule has 0 amide bonds. The number of halogens is 3. The van der Waals surface area contributed by atoms with Crippen molar-refractivity contribution in [1.29, 1.82) is 0 Å². The van der Waals surface area contributed by atoms with Gasteiger partial charge in [0.15, 0.2) is 9.84 Å². The van der Waals surface area contributed by atoms with Crippen LogP contribution < -0.4 is 4.74 Å². The van der Waals surface area contributed by atoms with Gasteiger partial charge in [0.25, 0.3) is 5.69 Å². The summed E-state index contributed by atoms with van der Waals surface area (Å²) in [6.07, 6.45) is -5.50. The Balaban J connectivity index is 2.39. The van der Waals surface area contributed by atoms with Crippen LogP contribution in [-0.2, 0) is 9.84 Å². The number of rotatable bonds is 5. The minimum Gasteiger partial charge on any atom is -0.459 e. The van der Waals surface area contributed by atoms with Gasteiger partial charge in [-0.3, -0.25) is 10.1 Å². The highest BCUT2D eigenvalue weighted by Crippen LogP contribution is 2.37. The molecule has 1 heterocycles. The molecule has 0 saturated carbocycles. The fourth-order valence-electron chi connectivity index (χ4n) is 2.10. The maximum atomic E-state index is 13.4. The summed E-state index contributed by atoms with van der Waals surface area (Å²) >= 11 is 0. The molecule has 1 atom stereocenters. The molecule has 1 aromatic heterocycles. The molecule has 11 heteroatoms. The molecule has 0 aliphatic heterocycles. The average Bonchev–Trinajstić information content (AvgIpc) is 2.51. The fraction of sp³-hybridized carbons (Fsp3) is 0.267. The number of nitro groups is 1. The highest BCUT2D eigenvalue weighted by molar-refractivity contribution is 7.90. The summed E-state index contributed by atoms with van der Waals surface area (Å²) in [4.78, 5) is 13.4. The Kier molecular flexibility index (Phi) is 5.21. The van der Waals surface area contributed by atoms with E-state index in [9.17, 15) is 31.7 Å². The van der Waals surface area contributed by atoms with Crippen molar-refractivity contribution < 1.29 is 31.2 Å². The van der Waals surface area contributed by atoms with Crippen LogP contribution in [0.4, 0.5) is 18.9 Å². The molecule has 0 radical (unpaired) electrons. The average molecular weight is 390 g/mol. The van der Waals surface area contributed by atoms with E-state index < -0.39 is 32.9 Å². The highest BCUT2D eigenvalue weighted by Gasteiger charge is 2.43. The van der Waals surface area contributed by atoms with Crippen LogP contribution >= 0.6 is 0 Å². The second kappa shape index (κ2) is 6.90. The second-order valence-electron chi connectivity index (χ2n) is 5.45. The van der Waals surface area contributed by atoms with Gasteiger partial charge >= 0.3 is 6.18 Å². The summed E-state index contributed by atoms with van der Waals surface area (Å²) < 4.78 is 67.9. The van der Waals surface area contributed by atoms with Crippen LogP contribution in [0.1, 0.15) is 17.2 Å². The van der Waals surface area contributed by atoms with E-state index in [1.807, 2.05) is 0 Å². The number of pyridine rings is 1. The van der Waals surface area contributed by atoms with Crippen LogP contribution in [0, 0.1) is 17.0 Å². The van der Waals surface area contributed by atoms with Crippen LogP contribution in [0.25, 0.3) is 0 Å². The van der Waals surface area contributed by atoms with E-state index in [0.717, 1.165) is 42.8 Å². The van der Waals surface area contributed by atoms with Gasteiger partial charge in [0.2, 0.25) is 12.0 Å². The van der Waals surface area contributed by atoms with Crippen molar-refractivity contribution in [2.45, 2.75) is 24.1 Å². The number of ether oxygens (including phenoxy) is 1. The van der Waals surface area contributed by atoms with Gasteiger partial charge in [-0.15, -0.1) is 0 Å². The Morgan fingerprint density at radius 2 is 1.81 bits per heavy atom. The molecule has 26 heavy (non-hydrogen) atoms. The molecule has 0 bridgehead atoms. The first-order chi connectivity index (χ1) is 11.9. The quantitative estimate of drug-likeness (QED) is 0.573. The molecule has 140 valence electrons. The fourth-order valence-corrected chi connectivity index (χ4v) is 2.73. The van der Waals surface area contributed by atoms with E-state index in [1.54, 1.807) is 0 Å². The molecule has 0 spiro atoms. The van der Waals surface area contributed by atoms with Crippen molar-refractivity contribution in [3.05, 3.63) is 57.8 Å². The predicted octanol–water partition coefficient (Wildman–Crippen LogP) is 3.38. The topological polar surface area (TPSA) is 99.4 Å². The summed E-state index contributed by atoms with van der Waals surface area (Å²) in [5.74, 6) is -0.412. The molecule has 2 rings (SSSR count). The third kappa shape index (κ3) is 4.48. The molecule has 0 saturated heterocycles. The molecule has 0 N–H and O–H groups in total. The number of hydrogen-bond donors (Lipinski definition) is 0. The number of hydrogen-bond acceptors (Lipinski definition) is 6. The van der Waals surface area contributed by atoms with E-state index in [4.69, 9.17) is 4.74 Å². The lowest BCUT2D eigenvalue weighted by Crippen LogP contribution is -2.26.